The lowest BCUT2D eigenvalue weighted by atomic mass is 10.0. The van der Waals surface area contributed by atoms with E-state index < -0.39 is 27.8 Å². The van der Waals surface area contributed by atoms with Crippen LogP contribution in [0.15, 0.2) is 24.3 Å². The van der Waals surface area contributed by atoms with E-state index in [2.05, 4.69) is 10.0 Å². The van der Waals surface area contributed by atoms with Gasteiger partial charge in [-0.05, 0) is 30.5 Å². The Morgan fingerprint density at radius 2 is 1.88 bits per heavy atom. The highest BCUT2D eigenvalue weighted by atomic mass is 32.2. The van der Waals surface area contributed by atoms with Crippen molar-refractivity contribution in [3.8, 4) is 0 Å². The normalized spacial score (nSPS) is 12.6. The predicted molar refractivity (Wildman–Crippen MR) is 93.9 cm³/mol. The molecule has 0 aliphatic carbocycles. The topological polar surface area (TPSA) is 122 Å². The fourth-order valence-corrected chi connectivity index (χ4v) is 3.00. The van der Waals surface area contributed by atoms with E-state index in [1.807, 2.05) is 0 Å². The molecule has 0 aliphatic heterocycles. The smallest absolute Gasteiger partial charge is 0.306 e. The fourth-order valence-electron chi connectivity index (χ4n) is 2.01. The minimum Gasteiger partial charge on any atom is -0.481 e. The van der Waals surface area contributed by atoms with Gasteiger partial charge in [0, 0.05) is 19.4 Å². The zero-order valence-electron chi connectivity index (χ0n) is 14.3. The van der Waals surface area contributed by atoms with Crippen molar-refractivity contribution in [1.29, 1.82) is 0 Å². The third-order valence-corrected chi connectivity index (χ3v) is 4.83. The van der Waals surface area contributed by atoms with Crippen LogP contribution in [0.2, 0.25) is 0 Å². The Hall–Kier alpha value is -1.97. The zero-order valence-corrected chi connectivity index (χ0v) is 15.1. The Balaban J connectivity index is 2.45. The Bertz CT molecular complexity index is 672. The van der Waals surface area contributed by atoms with Crippen LogP contribution in [0.4, 0.5) is 5.69 Å². The summed E-state index contributed by atoms with van der Waals surface area (Å²) in [6.45, 7) is 1.60. The second kappa shape index (κ2) is 10.1. The molecule has 0 spiro atoms. The van der Waals surface area contributed by atoms with Gasteiger partial charge in [-0.25, -0.2) is 13.1 Å². The summed E-state index contributed by atoms with van der Waals surface area (Å²) >= 11 is 0. The van der Waals surface area contributed by atoms with Crippen LogP contribution >= 0.6 is 0 Å². The SMILES string of the molecule is COCCCS(=O)(=O)NCC(=O)Nc1ccc(CC(C)C(=O)O)cc1. The summed E-state index contributed by atoms with van der Waals surface area (Å²) in [5, 5.41) is 11.5. The number of carboxylic acids is 1. The number of anilines is 1. The first-order valence-electron chi connectivity index (χ1n) is 7.81. The molecular weight excluding hydrogens is 348 g/mol. The van der Waals surface area contributed by atoms with Gasteiger partial charge in [-0.1, -0.05) is 19.1 Å². The minimum atomic E-state index is -3.52. The maximum Gasteiger partial charge on any atom is 0.306 e. The minimum absolute atomic E-state index is 0.107. The first kappa shape index (κ1) is 21.1. The summed E-state index contributed by atoms with van der Waals surface area (Å²) in [4.78, 5) is 22.6. The molecule has 140 valence electrons. The van der Waals surface area contributed by atoms with Crippen molar-refractivity contribution >= 4 is 27.6 Å². The quantitative estimate of drug-likeness (QED) is 0.495. The van der Waals surface area contributed by atoms with Crippen LogP contribution in [0.3, 0.4) is 0 Å². The number of hydrogen-bond acceptors (Lipinski definition) is 5. The third kappa shape index (κ3) is 8.62. The Labute approximate surface area is 147 Å². The monoisotopic (exact) mass is 372 g/mol. The second-order valence-corrected chi connectivity index (χ2v) is 7.60. The molecule has 0 saturated heterocycles. The van der Waals surface area contributed by atoms with E-state index in [-0.39, 0.29) is 12.3 Å². The van der Waals surface area contributed by atoms with Crippen LogP contribution < -0.4 is 10.0 Å². The van der Waals surface area contributed by atoms with Crippen molar-refractivity contribution in [2.45, 2.75) is 19.8 Å². The number of hydrogen-bond donors (Lipinski definition) is 3. The number of sulfonamides is 1. The van der Waals surface area contributed by atoms with Crippen LogP contribution in [0, 0.1) is 5.92 Å². The van der Waals surface area contributed by atoms with Gasteiger partial charge in [-0.3, -0.25) is 9.59 Å². The van der Waals surface area contributed by atoms with E-state index in [0.29, 0.717) is 25.1 Å². The predicted octanol–water partition coefficient (Wildman–Crippen LogP) is 0.844. The number of nitrogens with one attached hydrogen (secondary N) is 2. The van der Waals surface area contributed by atoms with Crippen molar-refractivity contribution in [3.05, 3.63) is 29.8 Å². The molecule has 9 heteroatoms. The van der Waals surface area contributed by atoms with Crippen molar-refractivity contribution in [2.75, 3.05) is 31.3 Å². The van der Waals surface area contributed by atoms with E-state index in [4.69, 9.17) is 9.84 Å². The summed E-state index contributed by atoms with van der Waals surface area (Å²) < 4.78 is 30.4. The molecule has 1 rings (SSSR count). The highest BCUT2D eigenvalue weighted by Gasteiger charge is 2.13. The summed E-state index contributed by atoms with van der Waals surface area (Å²) in [7, 11) is -2.03. The van der Waals surface area contributed by atoms with Crippen molar-refractivity contribution in [2.24, 2.45) is 5.92 Å². The van der Waals surface area contributed by atoms with Crippen LogP contribution in [-0.2, 0) is 30.8 Å². The molecule has 0 aliphatic rings. The number of ether oxygens (including phenoxy) is 1. The summed E-state index contributed by atoms with van der Waals surface area (Å²) in [5.41, 5.74) is 1.35. The van der Waals surface area contributed by atoms with Gasteiger partial charge in [0.1, 0.15) is 0 Å². The van der Waals surface area contributed by atoms with Crippen LogP contribution in [0.5, 0.6) is 0 Å². The molecule has 25 heavy (non-hydrogen) atoms. The molecule has 1 aromatic carbocycles. The van der Waals surface area contributed by atoms with Crippen molar-refractivity contribution in [3.63, 3.8) is 0 Å². The van der Waals surface area contributed by atoms with Gasteiger partial charge >= 0.3 is 5.97 Å². The van der Waals surface area contributed by atoms with Crippen molar-refractivity contribution < 1.29 is 27.9 Å². The lowest BCUT2D eigenvalue weighted by Gasteiger charge is -2.09. The highest BCUT2D eigenvalue weighted by Crippen LogP contribution is 2.13. The first-order chi connectivity index (χ1) is 11.7. The molecule has 0 fully saturated rings. The molecule has 1 amide bonds. The molecule has 0 bridgehead atoms. The maximum atomic E-state index is 11.8. The average Bonchev–Trinajstić information content (AvgIpc) is 2.55. The molecule has 3 N–H and O–H groups in total. The first-order valence-corrected chi connectivity index (χ1v) is 9.46. The molecule has 1 aromatic rings. The van der Waals surface area contributed by atoms with Gasteiger partial charge in [-0.2, -0.15) is 0 Å². The van der Waals surface area contributed by atoms with E-state index in [9.17, 15) is 18.0 Å². The number of methoxy groups -OCH3 is 1. The molecule has 1 unspecified atom stereocenters. The summed E-state index contributed by atoms with van der Waals surface area (Å²) in [6, 6.07) is 6.75. The van der Waals surface area contributed by atoms with Gasteiger partial charge in [0.2, 0.25) is 15.9 Å². The lowest BCUT2D eigenvalue weighted by molar-refractivity contribution is -0.141. The van der Waals surface area contributed by atoms with Crippen LogP contribution in [0.25, 0.3) is 0 Å². The molecule has 0 heterocycles. The van der Waals surface area contributed by atoms with E-state index in [1.54, 1.807) is 31.2 Å². The summed E-state index contributed by atoms with van der Waals surface area (Å²) in [5.74, 6) is -1.95. The molecule has 0 saturated carbocycles. The standard InChI is InChI=1S/C16H24N2O6S/c1-12(16(20)21)10-13-4-6-14(7-5-13)18-15(19)11-17-25(22,23)9-3-8-24-2/h4-7,12,17H,3,8-11H2,1-2H3,(H,18,19)(H,20,21). The van der Waals surface area contributed by atoms with E-state index in [0.717, 1.165) is 5.56 Å². The molecule has 0 radical (unpaired) electrons. The van der Waals surface area contributed by atoms with Gasteiger partial charge in [-0.15, -0.1) is 0 Å². The second-order valence-electron chi connectivity index (χ2n) is 5.67. The van der Waals surface area contributed by atoms with Gasteiger partial charge in [0.15, 0.2) is 0 Å². The molecule has 0 aromatic heterocycles. The van der Waals surface area contributed by atoms with Crippen LogP contribution in [-0.4, -0.2) is 51.4 Å². The number of amides is 1. The van der Waals surface area contributed by atoms with Crippen molar-refractivity contribution in [1.82, 2.24) is 4.72 Å². The molecule has 8 nitrogen and oxygen atoms in total. The average molecular weight is 372 g/mol. The number of carbonyl (C=O) groups excluding carboxylic acids is 1. The number of aliphatic carboxylic acids is 1. The third-order valence-electron chi connectivity index (χ3n) is 3.42. The maximum absolute atomic E-state index is 11.8. The van der Waals surface area contributed by atoms with E-state index >= 15 is 0 Å². The van der Waals surface area contributed by atoms with Gasteiger partial charge in [0.05, 0.1) is 18.2 Å². The zero-order chi connectivity index (χ0) is 18.9. The fraction of sp³-hybridized carbons (Fsp3) is 0.500. The number of carboxylic acid groups (broad SMARTS) is 1. The Morgan fingerprint density at radius 1 is 1.24 bits per heavy atom. The molecule has 1 atom stereocenters. The van der Waals surface area contributed by atoms with Gasteiger partial charge in [0.25, 0.3) is 0 Å². The largest absolute Gasteiger partial charge is 0.481 e. The lowest BCUT2D eigenvalue weighted by Crippen LogP contribution is -2.34. The number of rotatable bonds is 11. The highest BCUT2D eigenvalue weighted by molar-refractivity contribution is 7.89. The summed E-state index contributed by atoms with van der Waals surface area (Å²) in [6.07, 6.45) is 0.745. The van der Waals surface area contributed by atoms with E-state index in [1.165, 1.54) is 7.11 Å². The van der Waals surface area contributed by atoms with Crippen LogP contribution in [0.1, 0.15) is 18.9 Å². The van der Waals surface area contributed by atoms with Gasteiger partial charge < -0.3 is 15.2 Å². The Kier molecular flexibility index (Phi) is 8.53. The number of carbonyl (C=O) groups is 2. The number of benzene rings is 1. The molecular formula is C16H24N2O6S. The Morgan fingerprint density at radius 3 is 2.44 bits per heavy atom.